The maximum absolute atomic E-state index is 4.51. The summed E-state index contributed by atoms with van der Waals surface area (Å²) in [4.78, 5) is 9.01. The van der Waals surface area contributed by atoms with E-state index < -0.39 is 0 Å². The summed E-state index contributed by atoms with van der Waals surface area (Å²) in [7, 11) is 0. The van der Waals surface area contributed by atoms with Crippen molar-refractivity contribution in [3.8, 4) is 33.6 Å². The molecule has 0 saturated heterocycles. The van der Waals surface area contributed by atoms with Gasteiger partial charge in [-0.3, -0.25) is 9.97 Å². The van der Waals surface area contributed by atoms with Crippen molar-refractivity contribution in [1.82, 2.24) is 30.4 Å². The van der Waals surface area contributed by atoms with Crippen molar-refractivity contribution in [1.29, 1.82) is 0 Å². The first kappa shape index (κ1) is 27.4. The first-order chi connectivity index (χ1) is 17.7. The van der Waals surface area contributed by atoms with Gasteiger partial charge in [0.15, 0.2) is 0 Å². The van der Waals surface area contributed by atoms with E-state index in [2.05, 4.69) is 66.8 Å². The van der Waals surface area contributed by atoms with Gasteiger partial charge in [-0.2, -0.15) is 12.4 Å². The van der Waals surface area contributed by atoms with Crippen molar-refractivity contribution < 1.29 is 21.1 Å². The van der Waals surface area contributed by atoms with Gasteiger partial charge < -0.3 is 20.4 Å². The molecule has 6 rings (SSSR count). The molecule has 0 aliphatic carbocycles. The number of hydrogen-bond donors (Lipinski definition) is 0. The minimum Gasteiger partial charge on any atom is -0.582 e. The third kappa shape index (κ3) is 8.48. The molecule has 0 saturated carbocycles. The van der Waals surface area contributed by atoms with E-state index in [4.69, 9.17) is 0 Å². The van der Waals surface area contributed by atoms with Crippen LogP contribution in [0.4, 0.5) is 0 Å². The van der Waals surface area contributed by atoms with E-state index in [9.17, 15) is 0 Å². The first-order valence-electron chi connectivity index (χ1n) is 11.5. The summed E-state index contributed by atoms with van der Waals surface area (Å²) in [5.74, 6) is 0. The van der Waals surface area contributed by atoms with Crippen molar-refractivity contribution in [2.24, 2.45) is 0 Å². The smallest absolute Gasteiger partial charge is 0.582 e. The molecule has 6 nitrogen and oxygen atoms in total. The van der Waals surface area contributed by atoms with Crippen LogP contribution >= 0.6 is 0 Å². The number of aromatic nitrogens is 6. The summed E-state index contributed by atoms with van der Waals surface area (Å²) in [5, 5.41) is 14.5. The molecule has 0 atom stereocenters. The molecule has 0 spiro atoms. The van der Waals surface area contributed by atoms with Crippen LogP contribution in [0.3, 0.4) is 0 Å². The Labute approximate surface area is 231 Å². The Kier molecular flexibility index (Phi) is 10.7. The molecule has 0 bridgehead atoms. The predicted octanol–water partition coefficient (Wildman–Crippen LogP) is 6.17. The molecular formula is C30H26N6Pt. The molecule has 0 amide bonds. The summed E-state index contributed by atoms with van der Waals surface area (Å²) in [5.41, 5.74) is 8.38. The normalized spacial score (nSPS) is 9.68. The molecule has 186 valence electrons. The van der Waals surface area contributed by atoms with Gasteiger partial charge in [-0.15, -0.1) is 0 Å². The van der Waals surface area contributed by atoms with Crippen LogP contribution in [0.1, 0.15) is 11.4 Å². The van der Waals surface area contributed by atoms with E-state index in [-0.39, 0.29) is 21.1 Å². The zero-order valence-electron chi connectivity index (χ0n) is 20.5. The Morgan fingerprint density at radius 3 is 1.19 bits per heavy atom. The molecule has 37 heavy (non-hydrogen) atoms. The topological polar surface area (TPSA) is 79.8 Å². The van der Waals surface area contributed by atoms with Crippen LogP contribution in [0.2, 0.25) is 0 Å². The van der Waals surface area contributed by atoms with Crippen LogP contribution in [0.15, 0.2) is 122 Å². The Bertz CT molecular complexity index is 1320. The van der Waals surface area contributed by atoms with Crippen molar-refractivity contribution in [2.75, 3.05) is 0 Å². The van der Waals surface area contributed by atoms with Crippen LogP contribution in [0.5, 0.6) is 0 Å². The van der Waals surface area contributed by atoms with Gasteiger partial charge in [-0.25, -0.2) is 0 Å². The second-order valence-electron chi connectivity index (χ2n) is 7.94. The van der Waals surface area contributed by atoms with Gasteiger partial charge >= 0.3 is 21.1 Å². The number of hydrogen-bond acceptors (Lipinski definition) is 4. The van der Waals surface area contributed by atoms with Gasteiger partial charge in [0, 0.05) is 23.8 Å². The number of nitrogens with zero attached hydrogens (tertiary/aromatic N) is 6. The minimum atomic E-state index is 0. The number of benzene rings is 2. The maximum Gasteiger partial charge on any atom is 2.00 e. The average Bonchev–Trinajstić information content (AvgIpc) is 3.64. The Hall–Kier alpha value is -4.15. The molecule has 0 aliphatic rings. The quantitative estimate of drug-likeness (QED) is 0.225. The largest absolute Gasteiger partial charge is 2.00 e. The standard InChI is InChI=1S/C22H16N2.2C4H5N2.Pt/c1-3-7-17(8-4-1)19-11-13-23-21(15-19)22-16-20(12-14-24-22)18-9-5-2-6-10-18;2*1-4-2-3-5-6-4;/h1-16H;2*2-3H,1H3;/q;2*-1;+2. The molecule has 0 aliphatic heterocycles. The van der Waals surface area contributed by atoms with E-state index in [0.29, 0.717) is 0 Å². The summed E-state index contributed by atoms with van der Waals surface area (Å²) in [6, 6.07) is 32.6. The maximum atomic E-state index is 4.51. The summed E-state index contributed by atoms with van der Waals surface area (Å²) < 4.78 is 0. The fourth-order valence-electron chi connectivity index (χ4n) is 3.36. The molecule has 6 aromatic rings. The van der Waals surface area contributed by atoms with Crippen LogP contribution in [0, 0.1) is 13.8 Å². The Morgan fingerprint density at radius 2 is 0.892 bits per heavy atom. The predicted molar refractivity (Wildman–Crippen MR) is 143 cm³/mol. The fourth-order valence-corrected chi connectivity index (χ4v) is 3.36. The average molecular weight is 666 g/mol. The third-order valence-electron chi connectivity index (χ3n) is 5.19. The number of pyridine rings is 2. The van der Waals surface area contributed by atoms with Gasteiger partial charge in [-0.05, 0) is 60.4 Å². The molecule has 4 heterocycles. The zero-order valence-corrected chi connectivity index (χ0v) is 22.8. The van der Waals surface area contributed by atoms with Crippen LogP contribution < -0.4 is 10.2 Å². The third-order valence-corrected chi connectivity index (χ3v) is 5.19. The Balaban J connectivity index is 0.000000240. The van der Waals surface area contributed by atoms with Crippen LogP contribution in [0.25, 0.3) is 33.6 Å². The molecular weight excluding hydrogens is 639 g/mol. The van der Waals surface area contributed by atoms with Gasteiger partial charge in [0.1, 0.15) is 0 Å². The zero-order chi connectivity index (χ0) is 25.0. The first-order valence-corrected chi connectivity index (χ1v) is 11.5. The van der Waals surface area contributed by atoms with Gasteiger partial charge in [0.25, 0.3) is 0 Å². The van der Waals surface area contributed by atoms with E-state index in [1.165, 1.54) is 11.1 Å². The van der Waals surface area contributed by atoms with E-state index >= 15 is 0 Å². The molecule has 0 N–H and O–H groups in total. The van der Waals surface area contributed by atoms with E-state index in [1.807, 2.05) is 86.9 Å². The molecule has 0 radical (unpaired) electrons. The molecule has 0 unspecified atom stereocenters. The summed E-state index contributed by atoms with van der Waals surface area (Å²) in [6.45, 7) is 3.82. The van der Waals surface area contributed by atoms with E-state index in [1.54, 1.807) is 12.4 Å². The summed E-state index contributed by atoms with van der Waals surface area (Å²) in [6.07, 6.45) is 7.04. The molecule has 2 aromatic carbocycles. The van der Waals surface area contributed by atoms with Crippen molar-refractivity contribution in [3.63, 3.8) is 0 Å². The SMILES string of the molecule is Cc1cc[n-]n1.Cc1cc[n-]n1.[Pt+2].c1ccc(-c2ccnc(-c3cc(-c4ccccc4)ccn3)c2)cc1. The van der Waals surface area contributed by atoms with Crippen LogP contribution in [-0.2, 0) is 21.1 Å². The second-order valence-corrected chi connectivity index (χ2v) is 7.94. The van der Waals surface area contributed by atoms with Crippen molar-refractivity contribution in [2.45, 2.75) is 13.8 Å². The molecule has 7 heteroatoms. The van der Waals surface area contributed by atoms with Gasteiger partial charge in [0.05, 0.1) is 11.4 Å². The molecule has 4 aromatic heterocycles. The van der Waals surface area contributed by atoms with E-state index in [0.717, 1.165) is 33.9 Å². The number of rotatable bonds is 3. The second kappa shape index (κ2) is 14.4. The molecule has 0 fully saturated rings. The van der Waals surface area contributed by atoms with Gasteiger partial charge in [0.2, 0.25) is 0 Å². The van der Waals surface area contributed by atoms with Gasteiger partial charge in [-0.1, -0.05) is 72.8 Å². The monoisotopic (exact) mass is 665 g/mol. The number of aryl methyl sites for hydroxylation is 2. The van der Waals surface area contributed by atoms with Crippen LogP contribution in [-0.4, -0.2) is 20.2 Å². The Morgan fingerprint density at radius 1 is 0.486 bits per heavy atom. The van der Waals surface area contributed by atoms with Crippen molar-refractivity contribution >= 4 is 0 Å². The minimum absolute atomic E-state index is 0. The summed E-state index contributed by atoms with van der Waals surface area (Å²) >= 11 is 0. The fraction of sp³-hybridized carbons (Fsp3) is 0.0667. The van der Waals surface area contributed by atoms with Crippen molar-refractivity contribution in [3.05, 3.63) is 133 Å².